The Balaban J connectivity index is 1.50. The SMILES string of the molecule is CN(C)CCCNc1ncc(C(=O)N2CCN(c3ccccc3F)CC2)cn1. The molecule has 1 aromatic heterocycles. The molecule has 8 heteroatoms. The molecular weight excluding hydrogens is 359 g/mol. The molecule has 1 aromatic carbocycles. The number of nitrogens with zero attached hydrogens (tertiary/aromatic N) is 5. The number of para-hydroxylation sites is 1. The summed E-state index contributed by atoms with van der Waals surface area (Å²) in [4.78, 5) is 27.0. The highest BCUT2D eigenvalue weighted by Gasteiger charge is 2.24. The standard InChI is InChI=1S/C20H27FN6O/c1-25(2)9-5-8-22-20-23-14-16(15-24-20)19(28)27-12-10-26(11-13-27)18-7-4-3-6-17(18)21/h3-4,6-7,14-15H,5,8-13H2,1-2H3,(H,22,23,24). The van der Waals surface area contributed by atoms with Gasteiger partial charge in [0.25, 0.3) is 5.91 Å². The van der Waals surface area contributed by atoms with Crippen molar-refractivity contribution in [2.45, 2.75) is 6.42 Å². The summed E-state index contributed by atoms with van der Waals surface area (Å²) in [5.41, 5.74) is 1.06. The van der Waals surface area contributed by atoms with Crippen molar-refractivity contribution in [1.82, 2.24) is 19.8 Å². The fraction of sp³-hybridized carbons (Fsp3) is 0.450. The van der Waals surface area contributed by atoms with Crippen molar-refractivity contribution in [3.8, 4) is 0 Å². The minimum absolute atomic E-state index is 0.0904. The largest absolute Gasteiger partial charge is 0.366 e. The molecule has 0 saturated carbocycles. The first-order valence-electron chi connectivity index (χ1n) is 9.54. The molecule has 28 heavy (non-hydrogen) atoms. The van der Waals surface area contributed by atoms with Gasteiger partial charge in [-0.05, 0) is 39.2 Å². The van der Waals surface area contributed by atoms with Gasteiger partial charge in [-0.1, -0.05) is 12.1 Å². The first-order valence-corrected chi connectivity index (χ1v) is 9.54. The molecule has 1 fully saturated rings. The predicted molar refractivity (Wildman–Crippen MR) is 108 cm³/mol. The Kier molecular flexibility index (Phi) is 6.76. The zero-order chi connectivity index (χ0) is 19.9. The van der Waals surface area contributed by atoms with Gasteiger partial charge in [0.1, 0.15) is 5.82 Å². The van der Waals surface area contributed by atoms with Gasteiger partial charge in [0.15, 0.2) is 0 Å². The smallest absolute Gasteiger partial charge is 0.257 e. The van der Waals surface area contributed by atoms with Crippen LogP contribution in [0.2, 0.25) is 0 Å². The van der Waals surface area contributed by atoms with Crippen molar-refractivity contribution >= 4 is 17.5 Å². The van der Waals surface area contributed by atoms with E-state index in [1.807, 2.05) is 25.1 Å². The van der Waals surface area contributed by atoms with Crippen LogP contribution in [0.25, 0.3) is 0 Å². The molecule has 0 radical (unpaired) electrons. The molecule has 1 saturated heterocycles. The average molecular weight is 386 g/mol. The third-order valence-corrected chi connectivity index (χ3v) is 4.72. The molecule has 1 N–H and O–H groups in total. The van der Waals surface area contributed by atoms with Gasteiger partial charge in [0, 0.05) is 45.1 Å². The lowest BCUT2D eigenvalue weighted by atomic mass is 10.2. The van der Waals surface area contributed by atoms with Gasteiger partial charge in [-0.3, -0.25) is 4.79 Å². The van der Waals surface area contributed by atoms with Crippen LogP contribution in [0.3, 0.4) is 0 Å². The number of benzene rings is 1. The summed E-state index contributed by atoms with van der Waals surface area (Å²) in [7, 11) is 4.07. The Hall–Kier alpha value is -2.74. The molecule has 2 aromatic rings. The maximum atomic E-state index is 13.9. The van der Waals surface area contributed by atoms with Crippen LogP contribution >= 0.6 is 0 Å². The van der Waals surface area contributed by atoms with Gasteiger partial charge in [-0.2, -0.15) is 0 Å². The minimum Gasteiger partial charge on any atom is -0.366 e. The number of amides is 1. The van der Waals surface area contributed by atoms with Crippen LogP contribution in [0.4, 0.5) is 16.0 Å². The first-order chi connectivity index (χ1) is 13.5. The van der Waals surface area contributed by atoms with Crippen LogP contribution in [0.5, 0.6) is 0 Å². The second kappa shape index (κ2) is 9.45. The number of carbonyl (C=O) groups excluding carboxylic acids is 1. The van der Waals surface area contributed by atoms with Crippen LogP contribution in [0, 0.1) is 5.82 Å². The second-order valence-corrected chi connectivity index (χ2v) is 7.11. The Bertz CT molecular complexity index is 775. The monoisotopic (exact) mass is 386 g/mol. The van der Waals surface area contributed by atoms with Crippen LogP contribution < -0.4 is 10.2 Å². The molecule has 0 atom stereocenters. The lowest BCUT2D eigenvalue weighted by molar-refractivity contribution is 0.0746. The molecule has 0 unspecified atom stereocenters. The normalized spacial score (nSPS) is 14.4. The number of hydrogen-bond acceptors (Lipinski definition) is 6. The van der Waals surface area contributed by atoms with Crippen LogP contribution in [-0.4, -0.2) is 79.0 Å². The molecule has 1 amide bonds. The lowest BCUT2D eigenvalue weighted by Gasteiger charge is -2.36. The molecule has 7 nitrogen and oxygen atoms in total. The number of anilines is 2. The minimum atomic E-state index is -0.232. The Labute approximate surface area is 165 Å². The summed E-state index contributed by atoms with van der Waals surface area (Å²) in [6, 6.07) is 6.73. The number of carbonyl (C=O) groups is 1. The highest BCUT2D eigenvalue weighted by molar-refractivity contribution is 5.93. The quantitative estimate of drug-likeness (QED) is 0.734. The van der Waals surface area contributed by atoms with Gasteiger partial charge in [0.2, 0.25) is 5.95 Å². The van der Waals surface area contributed by atoms with Crippen molar-refractivity contribution < 1.29 is 9.18 Å². The van der Waals surface area contributed by atoms with E-state index in [9.17, 15) is 9.18 Å². The van der Waals surface area contributed by atoms with E-state index in [0.717, 1.165) is 19.5 Å². The van der Waals surface area contributed by atoms with Crippen LogP contribution in [0.15, 0.2) is 36.7 Å². The van der Waals surface area contributed by atoms with E-state index >= 15 is 0 Å². The van der Waals surface area contributed by atoms with E-state index in [2.05, 4.69) is 20.2 Å². The zero-order valence-corrected chi connectivity index (χ0v) is 16.4. The highest BCUT2D eigenvalue weighted by atomic mass is 19.1. The molecule has 1 aliphatic heterocycles. The van der Waals surface area contributed by atoms with Crippen molar-refractivity contribution in [2.75, 3.05) is 63.6 Å². The second-order valence-electron chi connectivity index (χ2n) is 7.11. The summed E-state index contributed by atoms with van der Waals surface area (Å²) in [6.45, 7) is 4.04. The van der Waals surface area contributed by atoms with Crippen LogP contribution in [-0.2, 0) is 0 Å². The first kappa shape index (κ1) is 20.0. The van der Waals surface area contributed by atoms with E-state index in [1.54, 1.807) is 29.4 Å². The van der Waals surface area contributed by atoms with E-state index in [0.29, 0.717) is 43.4 Å². The number of nitrogens with one attached hydrogen (secondary N) is 1. The van der Waals surface area contributed by atoms with E-state index in [-0.39, 0.29) is 11.7 Å². The molecule has 2 heterocycles. The fourth-order valence-corrected chi connectivity index (χ4v) is 3.17. The van der Waals surface area contributed by atoms with Crippen molar-refractivity contribution in [3.63, 3.8) is 0 Å². The number of halogens is 1. The number of aromatic nitrogens is 2. The fourth-order valence-electron chi connectivity index (χ4n) is 3.17. The maximum absolute atomic E-state index is 13.9. The predicted octanol–water partition coefficient (Wildman–Crippen LogP) is 1.94. The lowest BCUT2D eigenvalue weighted by Crippen LogP contribution is -2.49. The Morgan fingerprint density at radius 2 is 1.82 bits per heavy atom. The maximum Gasteiger partial charge on any atom is 0.257 e. The summed E-state index contributed by atoms with van der Waals surface area (Å²) in [5.74, 6) is 0.205. The molecule has 0 spiro atoms. The van der Waals surface area contributed by atoms with E-state index in [4.69, 9.17) is 0 Å². The topological polar surface area (TPSA) is 64.6 Å². The molecule has 3 rings (SSSR count). The Morgan fingerprint density at radius 1 is 1.14 bits per heavy atom. The average Bonchev–Trinajstić information content (AvgIpc) is 2.71. The van der Waals surface area contributed by atoms with Gasteiger partial charge in [-0.25, -0.2) is 14.4 Å². The zero-order valence-electron chi connectivity index (χ0n) is 16.4. The van der Waals surface area contributed by atoms with Crippen molar-refractivity contribution in [3.05, 3.63) is 48.0 Å². The summed E-state index contributed by atoms with van der Waals surface area (Å²) < 4.78 is 13.9. The number of rotatable bonds is 7. The molecule has 150 valence electrons. The van der Waals surface area contributed by atoms with Gasteiger partial charge < -0.3 is 20.0 Å². The van der Waals surface area contributed by atoms with Gasteiger partial charge in [-0.15, -0.1) is 0 Å². The van der Waals surface area contributed by atoms with Crippen LogP contribution in [0.1, 0.15) is 16.8 Å². The van der Waals surface area contributed by atoms with Crippen molar-refractivity contribution in [2.24, 2.45) is 0 Å². The van der Waals surface area contributed by atoms with Gasteiger partial charge in [0.05, 0.1) is 11.3 Å². The third-order valence-electron chi connectivity index (χ3n) is 4.72. The summed E-state index contributed by atoms with van der Waals surface area (Å²) in [5, 5.41) is 3.16. The summed E-state index contributed by atoms with van der Waals surface area (Å²) in [6.07, 6.45) is 4.11. The van der Waals surface area contributed by atoms with E-state index in [1.165, 1.54) is 6.07 Å². The molecular formula is C20H27FN6O. The Morgan fingerprint density at radius 3 is 2.46 bits per heavy atom. The van der Waals surface area contributed by atoms with Crippen molar-refractivity contribution in [1.29, 1.82) is 0 Å². The molecule has 1 aliphatic rings. The third kappa shape index (κ3) is 5.16. The summed E-state index contributed by atoms with van der Waals surface area (Å²) >= 11 is 0. The number of hydrogen-bond donors (Lipinski definition) is 1. The molecule has 0 bridgehead atoms. The number of piperazine rings is 1. The van der Waals surface area contributed by atoms with Gasteiger partial charge >= 0.3 is 0 Å². The van der Waals surface area contributed by atoms with E-state index < -0.39 is 0 Å². The highest BCUT2D eigenvalue weighted by Crippen LogP contribution is 2.20. The molecule has 0 aliphatic carbocycles.